The highest BCUT2D eigenvalue weighted by atomic mass is 32.2. The fourth-order valence-corrected chi connectivity index (χ4v) is 2.50. The van der Waals surface area contributed by atoms with Gasteiger partial charge in [-0.25, -0.2) is 4.39 Å². The molecule has 0 saturated carbocycles. The summed E-state index contributed by atoms with van der Waals surface area (Å²) in [6.45, 7) is 1.73. The van der Waals surface area contributed by atoms with Crippen LogP contribution in [0.1, 0.15) is 5.56 Å². The van der Waals surface area contributed by atoms with Gasteiger partial charge in [0, 0.05) is 11.9 Å². The number of carbonyl (C=O) groups excluding carboxylic acids is 1. The first kappa shape index (κ1) is 16.1. The summed E-state index contributed by atoms with van der Waals surface area (Å²) in [7, 11) is 0. The predicted molar refractivity (Wildman–Crippen MR) is 88.0 cm³/mol. The molecule has 6 nitrogen and oxygen atoms in total. The Kier molecular flexibility index (Phi) is 4.85. The number of hydrogen-bond acceptors (Lipinski definition) is 6. The van der Waals surface area contributed by atoms with Crippen molar-refractivity contribution < 1.29 is 13.6 Å². The Morgan fingerprint density at radius 1 is 1.29 bits per heavy atom. The second-order valence-corrected chi connectivity index (χ2v) is 5.81. The Hall–Kier alpha value is -2.74. The van der Waals surface area contributed by atoms with Gasteiger partial charge in [0.1, 0.15) is 11.5 Å². The van der Waals surface area contributed by atoms with Crippen molar-refractivity contribution in [1.29, 1.82) is 0 Å². The molecule has 0 radical (unpaired) electrons. The first-order valence-corrected chi connectivity index (χ1v) is 8.04. The van der Waals surface area contributed by atoms with Crippen LogP contribution >= 0.6 is 11.8 Å². The number of rotatable bonds is 5. The average molecular weight is 344 g/mol. The molecule has 8 heteroatoms. The van der Waals surface area contributed by atoms with Crippen LogP contribution in [-0.4, -0.2) is 26.8 Å². The summed E-state index contributed by atoms with van der Waals surface area (Å²) in [5, 5.41) is 10.8. The third kappa shape index (κ3) is 3.96. The molecule has 1 aromatic carbocycles. The van der Waals surface area contributed by atoms with E-state index in [0.29, 0.717) is 22.8 Å². The molecule has 0 fully saturated rings. The summed E-state index contributed by atoms with van der Waals surface area (Å²) < 4.78 is 18.5. The van der Waals surface area contributed by atoms with Crippen molar-refractivity contribution in [1.82, 2.24) is 15.2 Å². The van der Waals surface area contributed by atoms with E-state index < -0.39 is 0 Å². The van der Waals surface area contributed by atoms with E-state index >= 15 is 0 Å². The quantitative estimate of drug-likeness (QED) is 0.715. The van der Waals surface area contributed by atoms with Crippen LogP contribution in [0, 0.1) is 12.7 Å². The van der Waals surface area contributed by atoms with Gasteiger partial charge in [0.05, 0.1) is 5.75 Å². The summed E-state index contributed by atoms with van der Waals surface area (Å²) in [6, 6.07) is 9.55. The zero-order valence-corrected chi connectivity index (χ0v) is 13.5. The number of amides is 1. The van der Waals surface area contributed by atoms with Crippen LogP contribution in [0.4, 0.5) is 10.1 Å². The van der Waals surface area contributed by atoms with Crippen molar-refractivity contribution in [3.8, 4) is 11.6 Å². The summed E-state index contributed by atoms with van der Waals surface area (Å²) in [6.07, 6.45) is 1.63. The van der Waals surface area contributed by atoms with Gasteiger partial charge in [-0.2, -0.15) is 0 Å². The second kappa shape index (κ2) is 7.22. The van der Waals surface area contributed by atoms with E-state index in [9.17, 15) is 9.18 Å². The van der Waals surface area contributed by atoms with E-state index in [2.05, 4.69) is 20.5 Å². The van der Waals surface area contributed by atoms with E-state index in [-0.39, 0.29) is 22.7 Å². The highest BCUT2D eigenvalue weighted by Crippen LogP contribution is 2.22. The third-order valence-corrected chi connectivity index (χ3v) is 3.90. The molecule has 0 aliphatic heterocycles. The van der Waals surface area contributed by atoms with Crippen LogP contribution < -0.4 is 5.32 Å². The number of halogens is 1. The number of benzene rings is 1. The highest BCUT2D eigenvalue weighted by Gasteiger charge is 2.12. The molecule has 1 N–H and O–H groups in total. The maximum Gasteiger partial charge on any atom is 0.277 e. The number of anilines is 1. The van der Waals surface area contributed by atoms with Crippen molar-refractivity contribution in [3.63, 3.8) is 0 Å². The Labute approximate surface area is 141 Å². The van der Waals surface area contributed by atoms with Crippen molar-refractivity contribution in [2.24, 2.45) is 0 Å². The number of hydrogen-bond donors (Lipinski definition) is 1. The molecule has 0 bridgehead atoms. The predicted octanol–water partition coefficient (Wildman–Crippen LogP) is 3.31. The summed E-state index contributed by atoms with van der Waals surface area (Å²) >= 11 is 1.12. The Morgan fingerprint density at radius 2 is 2.17 bits per heavy atom. The molecule has 3 rings (SSSR count). The van der Waals surface area contributed by atoms with Gasteiger partial charge in [0.25, 0.3) is 11.1 Å². The zero-order chi connectivity index (χ0) is 16.9. The van der Waals surface area contributed by atoms with E-state index in [4.69, 9.17) is 4.42 Å². The van der Waals surface area contributed by atoms with Gasteiger partial charge >= 0.3 is 0 Å². The minimum atomic E-state index is -0.340. The van der Waals surface area contributed by atoms with Crippen LogP contribution in [0.5, 0.6) is 0 Å². The van der Waals surface area contributed by atoms with Gasteiger partial charge in [-0.3, -0.25) is 9.78 Å². The number of thioether (sulfide) groups is 1. The van der Waals surface area contributed by atoms with Crippen LogP contribution in [0.25, 0.3) is 11.6 Å². The van der Waals surface area contributed by atoms with Crippen molar-refractivity contribution >= 4 is 23.4 Å². The largest absolute Gasteiger partial charge is 0.410 e. The van der Waals surface area contributed by atoms with Gasteiger partial charge in [0.2, 0.25) is 5.91 Å². The van der Waals surface area contributed by atoms with Gasteiger partial charge in [-0.1, -0.05) is 17.8 Å². The summed E-state index contributed by atoms with van der Waals surface area (Å²) in [4.78, 5) is 16.1. The topological polar surface area (TPSA) is 80.9 Å². The Bertz CT molecular complexity index is 854. The lowest BCUT2D eigenvalue weighted by Gasteiger charge is -2.07. The molecule has 0 aliphatic carbocycles. The molecular weight excluding hydrogens is 331 g/mol. The molecule has 0 saturated heterocycles. The van der Waals surface area contributed by atoms with E-state index in [1.807, 2.05) is 6.07 Å². The SMILES string of the molecule is Cc1cc(F)ccc1NC(=O)CSc1nnc(-c2ccccn2)o1. The molecular formula is C16H13FN4O2S. The van der Waals surface area contributed by atoms with Crippen molar-refractivity contribution in [2.45, 2.75) is 12.1 Å². The van der Waals surface area contributed by atoms with Gasteiger partial charge in [-0.05, 0) is 42.8 Å². The second-order valence-electron chi connectivity index (χ2n) is 4.88. The van der Waals surface area contributed by atoms with E-state index in [0.717, 1.165) is 11.8 Å². The van der Waals surface area contributed by atoms with Crippen LogP contribution in [-0.2, 0) is 4.79 Å². The van der Waals surface area contributed by atoms with Crippen molar-refractivity contribution in [2.75, 3.05) is 11.1 Å². The first-order valence-electron chi connectivity index (χ1n) is 7.05. The minimum absolute atomic E-state index is 0.0979. The van der Waals surface area contributed by atoms with Crippen LogP contribution in [0.15, 0.2) is 52.2 Å². The number of carbonyl (C=O) groups is 1. The molecule has 2 aromatic heterocycles. The smallest absolute Gasteiger partial charge is 0.277 e. The summed E-state index contributed by atoms with van der Waals surface area (Å²) in [5.74, 6) is -0.186. The van der Waals surface area contributed by atoms with E-state index in [1.54, 1.807) is 25.3 Å². The third-order valence-electron chi connectivity index (χ3n) is 3.08. The fraction of sp³-hybridized carbons (Fsp3) is 0.125. The molecule has 1 amide bonds. The molecule has 0 unspecified atom stereocenters. The molecule has 0 spiro atoms. The molecule has 24 heavy (non-hydrogen) atoms. The molecule has 3 aromatic rings. The highest BCUT2D eigenvalue weighted by molar-refractivity contribution is 7.99. The van der Waals surface area contributed by atoms with E-state index in [1.165, 1.54) is 18.2 Å². The number of pyridine rings is 1. The average Bonchev–Trinajstić information content (AvgIpc) is 3.05. The van der Waals surface area contributed by atoms with Crippen LogP contribution in [0.3, 0.4) is 0 Å². The van der Waals surface area contributed by atoms with Crippen LogP contribution in [0.2, 0.25) is 0 Å². The van der Waals surface area contributed by atoms with Gasteiger partial charge in [-0.15, -0.1) is 10.2 Å². The Balaban J connectivity index is 1.58. The first-order chi connectivity index (χ1) is 11.6. The fourth-order valence-electron chi connectivity index (χ4n) is 1.94. The molecule has 2 heterocycles. The lowest BCUT2D eigenvalue weighted by molar-refractivity contribution is -0.113. The number of nitrogens with one attached hydrogen (secondary N) is 1. The minimum Gasteiger partial charge on any atom is -0.410 e. The standard InChI is InChI=1S/C16H13FN4O2S/c1-10-8-11(17)5-6-12(10)19-14(22)9-24-16-21-20-15(23-16)13-4-2-3-7-18-13/h2-8H,9H2,1H3,(H,19,22). The lowest BCUT2D eigenvalue weighted by atomic mass is 10.2. The normalized spacial score (nSPS) is 10.6. The zero-order valence-electron chi connectivity index (χ0n) is 12.7. The number of nitrogens with zero attached hydrogens (tertiary/aromatic N) is 3. The molecule has 0 aliphatic rings. The maximum atomic E-state index is 13.0. The lowest BCUT2D eigenvalue weighted by Crippen LogP contribution is -2.14. The Morgan fingerprint density at radius 3 is 2.92 bits per heavy atom. The van der Waals surface area contributed by atoms with Gasteiger partial charge in [0.15, 0.2) is 0 Å². The molecule has 122 valence electrons. The van der Waals surface area contributed by atoms with Crippen molar-refractivity contribution in [3.05, 3.63) is 54.0 Å². The van der Waals surface area contributed by atoms with Gasteiger partial charge < -0.3 is 9.73 Å². The maximum absolute atomic E-state index is 13.0. The number of aromatic nitrogens is 3. The summed E-state index contributed by atoms with van der Waals surface area (Å²) in [5.41, 5.74) is 1.80. The number of aryl methyl sites for hydroxylation is 1. The molecule has 0 atom stereocenters. The monoisotopic (exact) mass is 344 g/mol.